The number of para-hydroxylation sites is 1. The molecule has 0 aliphatic carbocycles. The number of hydrogen-bond acceptors (Lipinski definition) is 8. The van der Waals surface area contributed by atoms with E-state index in [1.807, 2.05) is 35.2 Å². The number of Topliss-reactive ketones (excluding diaryl/α,β-unsaturated/α-hetero) is 1. The van der Waals surface area contributed by atoms with Crippen LogP contribution in [-0.4, -0.2) is 36.4 Å². The van der Waals surface area contributed by atoms with Crippen molar-refractivity contribution in [2.75, 3.05) is 11.5 Å². The smallest absolute Gasteiger partial charge is 0.329 e. The minimum atomic E-state index is -1.75. The van der Waals surface area contributed by atoms with Gasteiger partial charge in [-0.15, -0.1) is 0 Å². The van der Waals surface area contributed by atoms with Crippen molar-refractivity contribution in [3.8, 4) is 11.8 Å². The Morgan fingerprint density at radius 2 is 1.84 bits per heavy atom. The van der Waals surface area contributed by atoms with E-state index < -0.39 is 35.4 Å². The van der Waals surface area contributed by atoms with Crippen molar-refractivity contribution >= 4 is 29.5 Å². The number of nitriles is 1. The molecule has 37 heavy (non-hydrogen) atoms. The van der Waals surface area contributed by atoms with Gasteiger partial charge in [0.1, 0.15) is 17.6 Å². The van der Waals surface area contributed by atoms with Crippen LogP contribution in [0.25, 0.3) is 6.08 Å². The molecule has 0 saturated carbocycles. The first-order valence-corrected chi connectivity index (χ1v) is 11.9. The molecule has 0 N–H and O–H groups in total. The molecule has 0 unspecified atom stereocenters. The van der Waals surface area contributed by atoms with Crippen LogP contribution < -0.4 is 9.64 Å². The maximum Gasteiger partial charge on any atom is 0.329 e. The lowest BCUT2D eigenvalue weighted by molar-refractivity contribution is -0.152. The molecule has 2 aliphatic heterocycles. The molecule has 4 atom stereocenters. The fourth-order valence-corrected chi connectivity index (χ4v) is 5.42. The van der Waals surface area contributed by atoms with Crippen LogP contribution in [0.2, 0.25) is 0 Å². The normalized spacial score (nSPS) is 23.5. The van der Waals surface area contributed by atoms with Gasteiger partial charge in [0, 0.05) is 18.2 Å². The first kappa shape index (κ1) is 24.1. The zero-order valence-corrected chi connectivity index (χ0v) is 20.3. The molecule has 8 nitrogen and oxygen atoms in total. The van der Waals surface area contributed by atoms with E-state index in [1.54, 1.807) is 37.3 Å². The second-order valence-corrected chi connectivity index (χ2v) is 8.89. The van der Waals surface area contributed by atoms with Crippen molar-refractivity contribution in [3.63, 3.8) is 0 Å². The summed E-state index contributed by atoms with van der Waals surface area (Å²) in [5, 5.41) is 10.6. The number of ether oxygens (including phenoxy) is 2. The highest BCUT2D eigenvalue weighted by atomic mass is 16.5. The minimum Gasteiger partial charge on any atom is -0.469 e. The van der Waals surface area contributed by atoms with Crippen molar-refractivity contribution < 1.29 is 28.3 Å². The summed E-state index contributed by atoms with van der Waals surface area (Å²) in [5.41, 5.74) is 0.164. The first-order chi connectivity index (χ1) is 17.9. The number of ketones is 1. The standard InChI is InChI=1S/C29H24N2O6/c1-3-35-28(34)29(17-30)24-15-12-19-7-4-5-8-22(19)31(24)26(25(29)23-9-6-16-36-23)27(33)20-10-13-21(14-11-20)37-18(2)32/h4-16,24-26H,3H2,1-2H3/t24-,25-,26-,29+/m1/s1. The molecule has 1 saturated heterocycles. The van der Waals surface area contributed by atoms with Crippen molar-refractivity contribution in [3.05, 3.63) is 89.9 Å². The molecule has 1 fully saturated rings. The Hall–Kier alpha value is -4.64. The van der Waals surface area contributed by atoms with E-state index >= 15 is 0 Å². The van der Waals surface area contributed by atoms with Crippen LogP contribution in [0.3, 0.4) is 0 Å². The quantitative estimate of drug-likeness (QED) is 0.278. The molecule has 3 aromatic rings. The summed E-state index contributed by atoms with van der Waals surface area (Å²) in [6.07, 6.45) is 5.11. The Kier molecular flexibility index (Phi) is 6.14. The van der Waals surface area contributed by atoms with Gasteiger partial charge in [-0.2, -0.15) is 5.26 Å². The predicted octanol–water partition coefficient (Wildman–Crippen LogP) is 4.53. The maximum absolute atomic E-state index is 14.3. The molecular weight excluding hydrogens is 472 g/mol. The third-order valence-corrected chi connectivity index (χ3v) is 6.86. The number of esters is 2. The van der Waals surface area contributed by atoms with Crippen molar-refractivity contribution in [2.24, 2.45) is 5.41 Å². The summed E-state index contributed by atoms with van der Waals surface area (Å²) < 4.78 is 16.3. The Bertz CT molecular complexity index is 1420. The second kappa shape index (κ2) is 9.43. The molecule has 0 bridgehead atoms. The zero-order chi connectivity index (χ0) is 26.2. The number of fused-ring (bicyclic) bond motifs is 3. The number of nitrogens with zero attached hydrogens (tertiary/aromatic N) is 2. The highest BCUT2D eigenvalue weighted by Gasteiger charge is 2.68. The summed E-state index contributed by atoms with van der Waals surface area (Å²) >= 11 is 0. The molecule has 1 aromatic heterocycles. The van der Waals surface area contributed by atoms with Gasteiger partial charge in [-0.3, -0.25) is 14.4 Å². The molecule has 5 rings (SSSR count). The monoisotopic (exact) mass is 496 g/mol. The topological polar surface area (TPSA) is 110 Å². The van der Waals surface area contributed by atoms with Crippen LogP contribution in [0.4, 0.5) is 5.69 Å². The van der Waals surface area contributed by atoms with Crippen LogP contribution in [0.15, 0.2) is 77.4 Å². The van der Waals surface area contributed by atoms with Gasteiger partial charge in [-0.25, -0.2) is 0 Å². The fourth-order valence-electron chi connectivity index (χ4n) is 5.42. The molecule has 0 amide bonds. The summed E-state index contributed by atoms with van der Waals surface area (Å²) in [7, 11) is 0. The molecule has 186 valence electrons. The molecule has 0 spiro atoms. The molecule has 2 aromatic carbocycles. The highest BCUT2D eigenvalue weighted by molar-refractivity contribution is 6.06. The largest absolute Gasteiger partial charge is 0.469 e. The number of furan rings is 1. The average Bonchev–Trinajstić information content (AvgIpc) is 3.53. The first-order valence-electron chi connectivity index (χ1n) is 11.9. The molecule has 2 aliphatic rings. The molecule has 0 radical (unpaired) electrons. The Morgan fingerprint density at radius 3 is 2.49 bits per heavy atom. The number of hydrogen-bond donors (Lipinski definition) is 0. The van der Waals surface area contributed by atoms with E-state index in [0.29, 0.717) is 17.1 Å². The van der Waals surface area contributed by atoms with Gasteiger partial charge in [-0.05, 0) is 55.0 Å². The van der Waals surface area contributed by atoms with Crippen LogP contribution in [0.5, 0.6) is 5.75 Å². The van der Waals surface area contributed by atoms with Gasteiger partial charge in [0.05, 0.1) is 30.9 Å². The minimum absolute atomic E-state index is 0.0797. The Labute approximate surface area is 213 Å². The van der Waals surface area contributed by atoms with Gasteiger partial charge < -0.3 is 18.8 Å². The van der Waals surface area contributed by atoms with Crippen molar-refractivity contribution in [1.29, 1.82) is 5.26 Å². The summed E-state index contributed by atoms with van der Waals surface area (Å²) in [4.78, 5) is 41.0. The lowest BCUT2D eigenvalue weighted by Gasteiger charge is -2.36. The van der Waals surface area contributed by atoms with Gasteiger partial charge in [0.15, 0.2) is 11.2 Å². The Morgan fingerprint density at radius 1 is 1.08 bits per heavy atom. The van der Waals surface area contributed by atoms with Crippen LogP contribution in [0, 0.1) is 16.7 Å². The second-order valence-electron chi connectivity index (χ2n) is 8.89. The van der Waals surface area contributed by atoms with Gasteiger partial charge in [0.2, 0.25) is 0 Å². The SMILES string of the molecule is CCOC(=O)[C@]1(C#N)[C@H](c2ccco2)[C@H](C(=O)c2ccc(OC(C)=O)cc2)N2c3ccccc3C=C[C@@H]21. The number of anilines is 1. The average molecular weight is 497 g/mol. The summed E-state index contributed by atoms with van der Waals surface area (Å²) in [6.45, 7) is 3.05. The van der Waals surface area contributed by atoms with E-state index in [-0.39, 0.29) is 12.4 Å². The molecule has 8 heteroatoms. The van der Waals surface area contributed by atoms with E-state index in [0.717, 1.165) is 11.3 Å². The number of benzene rings is 2. The number of rotatable bonds is 6. The lowest BCUT2D eigenvalue weighted by atomic mass is 9.70. The third-order valence-electron chi connectivity index (χ3n) is 6.86. The zero-order valence-electron chi connectivity index (χ0n) is 20.3. The highest BCUT2D eigenvalue weighted by Crippen LogP contribution is 2.56. The Balaban J connectivity index is 1.71. The van der Waals surface area contributed by atoms with Crippen LogP contribution in [0.1, 0.15) is 41.4 Å². The van der Waals surface area contributed by atoms with E-state index in [2.05, 4.69) is 6.07 Å². The number of carbonyl (C=O) groups excluding carboxylic acids is 3. The summed E-state index contributed by atoms with van der Waals surface area (Å²) in [6, 6.07) is 17.6. The number of carbonyl (C=O) groups is 3. The lowest BCUT2D eigenvalue weighted by Crippen LogP contribution is -2.47. The van der Waals surface area contributed by atoms with Crippen LogP contribution >= 0.6 is 0 Å². The van der Waals surface area contributed by atoms with Gasteiger partial charge in [0.25, 0.3) is 0 Å². The van der Waals surface area contributed by atoms with Crippen LogP contribution in [-0.2, 0) is 14.3 Å². The van der Waals surface area contributed by atoms with Crippen molar-refractivity contribution in [1.82, 2.24) is 0 Å². The third kappa shape index (κ3) is 3.80. The van der Waals surface area contributed by atoms with Crippen molar-refractivity contribution in [2.45, 2.75) is 31.8 Å². The fraction of sp³-hybridized carbons (Fsp3) is 0.241. The summed E-state index contributed by atoms with van der Waals surface area (Å²) in [5.74, 6) is -1.82. The molecular formula is C29H24N2O6. The van der Waals surface area contributed by atoms with Gasteiger partial charge in [-0.1, -0.05) is 30.4 Å². The van der Waals surface area contributed by atoms with Gasteiger partial charge >= 0.3 is 11.9 Å². The predicted molar refractivity (Wildman–Crippen MR) is 134 cm³/mol. The molecule has 3 heterocycles. The van der Waals surface area contributed by atoms with E-state index in [1.165, 1.54) is 25.3 Å². The van der Waals surface area contributed by atoms with E-state index in [9.17, 15) is 19.6 Å². The maximum atomic E-state index is 14.3. The van der Waals surface area contributed by atoms with E-state index in [4.69, 9.17) is 13.9 Å².